The molecule has 1 aromatic heterocycles. The second-order valence-corrected chi connectivity index (χ2v) is 5.43. The summed E-state index contributed by atoms with van der Waals surface area (Å²) < 4.78 is 7.06. The van der Waals surface area contributed by atoms with Crippen molar-refractivity contribution in [3.63, 3.8) is 0 Å². The minimum atomic E-state index is 0.370. The van der Waals surface area contributed by atoms with E-state index in [0.29, 0.717) is 4.83 Å². The fourth-order valence-electron chi connectivity index (χ4n) is 1.67. The molecular weight excluding hydrogens is 291 g/mol. The lowest BCUT2D eigenvalue weighted by atomic mass is 10.2. The van der Waals surface area contributed by atoms with Gasteiger partial charge in [0.05, 0.1) is 23.0 Å². The molecule has 0 amide bonds. The van der Waals surface area contributed by atoms with E-state index >= 15 is 0 Å². The van der Waals surface area contributed by atoms with E-state index in [0.717, 1.165) is 42.4 Å². The predicted molar refractivity (Wildman–Crippen MR) is 70.6 cm³/mol. The largest absolute Gasteiger partial charge is 0.384 e. The SMILES string of the molecule is CCn1nc(C)c(Cl)c1CCC(Br)COC. The highest BCUT2D eigenvalue weighted by Gasteiger charge is 2.13. The third-order valence-electron chi connectivity index (χ3n) is 2.49. The van der Waals surface area contributed by atoms with Crippen molar-refractivity contribution in [3.8, 4) is 0 Å². The normalized spacial score (nSPS) is 13.1. The molecule has 0 fully saturated rings. The Bertz CT molecular complexity index is 341. The first-order valence-electron chi connectivity index (χ1n) is 5.44. The van der Waals surface area contributed by atoms with Gasteiger partial charge in [-0.1, -0.05) is 27.5 Å². The van der Waals surface area contributed by atoms with Gasteiger partial charge in [-0.25, -0.2) is 0 Å². The van der Waals surface area contributed by atoms with Crippen molar-refractivity contribution in [2.45, 2.75) is 38.1 Å². The first-order valence-corrected chi connectivity index (χ1v) is 6.74. The minimum Gasteiger partial charge on any atom is -0.384 e. The van der Waals surface area contributed by atoms with E-state index in [1.54, 1.807) is 7.11 Å². The molecule has 0 aromatic carbocycles. The molecule has 0 aliphatic carbocycles. The highest BCUT2D eigenvalue weighted by molar-refractivity contribution is 9.09. The highest BCUT2D eigenvalue weighted by Crippen LogP contribution is 2.23. The lowest BCUT2D eigenvalue weighted by Gasteiger charge is -2.09. The topological polar surface area (TPSA) is 27.1 Å². The average molecular weight is 310 g/mol. The molecular formula is C11H18BrClN2O. The summed E-state index contributed by atoms with van der Waals surface area (Å²) in [5.41, 5.74) is 2.04. The molecule has 1 unspecified atom stereocenters. The van der Waals surface area contributed by atoms with E-state index in [1.807, 2.05) is 11.6 Å². The molecule has 92 valence electrons. The molecule has 0 spiro atoms. The molecule has 1 heterocycles. The number of hydrogen-bond acceptors (Lipinski definition) is 2. The Labute approximate surface area is 110 Å². The van der Waals surface area contributed by atoms with E-state index in [-0.39, 0.29) is 0 Å². The number of ether oxygens (including phenoxy) is 1. The van der Waals surface area contributed by atoms with Gasteiger partial charge in [0, 0.05) is 18.5 Å². The Hall–Kier alpha value is -0.0600. The summed E-state index contributed by atoms with van der Waals surface area (Å²) >= 11 is 9.80. The summed E-state index contributed by atoms with van der Waals surface area (Å²) in [5, 5.41) is 5.20. The van der Waals surface area contributed by atoms with Gasteiger partial charge in [-0.15, -0.1) is 0 Å². The number of nitrogens with zero attached hydrogens (tertiary/aromatic N) is 2. The van der Waals surface area contributed by atoms with Crippen LogP contribution in [0.1, 0.15) is 24.7 Å². The van der Waals surface area contributed by atoms with Crippen LogP contribution in [0.25, 0.3) is 0 Å². The summed E-state index contributed by atoms with van der Waals surface area (Å²) in [4.78, 5) is 0.370. The molecule has 5 heteroatoms. The molecule has 3 nitrogen and oxygen atoms in total. The van der Waals surface area contributed by atoms with Crippen LogP contribution in [0.2, 0.25) is 5.02 Å². The molecule has 1 aromatic rings. The molecule has 0 saturated heterocycles. The quantitative estimate of drug-likeness (QED) is 0.755. The van der Waals surface area contributed by atoms with Crippen LogP contribution < -0.4 is 0 Å². The van der Waals surface area contributed by atoms with Crippen molar-refractivity contribution in [1.29, 1.82) is 0 Å². The zero-order valence-electron chi connectivity index (χ0n) is 9.96. The predicted octanol–water partition coefficient (Wildman–Crippen LogP) is 3.21. The van der Waals surface area contributed by atoms with Gasteiger partial charge in [0.1, 0.15) is 0 Å². The smallest absolute Gasteiger partial charge is 0.0847 e. The Morgan fingerprint density at radius 2 is 2.25 bits per heavy atom. The second kappa shape index (κ2) is 6.62. The van der Waals surface area contributed by atoms with Crippen LogP contribution in [0.3, 0.4) is 0 Å². The summed E-state index contributed by atoms with van der Waals surface area (Å²) in [6.45, 7) is 5.60. The average Bonchev–Trinajstić information content (AvgIpc) is 2.53. The summed E-state index contributed by atoms with van der Waals surface area (Å²) in [6.07, 6.45) is 1.92. The maximum Gasteiger partial charge on any atom is 0.0847 e. The Morgan fingerprint density at radius 1 is 1.56 bits per heavy atom. The molecule has 0 saturated carbocycles. The van der Waals surface area contributed by atoms with Crippen LogP contribution >= 0.6 is 27.5 Å². The molecule has 0 aliphatic heterocycles. The van der Waals surface area contributed by atoms with Crippen molar-refractivity contribution in [2.24, 2.45) is 0 Å². The van der Waals surface area contributed by atoms with Crippen molar-refractivity contribution >= 4 is 27.5 Å². The van der Waals surface area contributed by atoms with E-state index in [1.165, 1.54) is 0 Å². The zero-order valence-corrected chi connectivity index (χ0v) is 12.3. The fourth-order valence-corrected chi connectivity index (χ4v) is 2.39. The number of hydrogen-bond donors (Lipinski definition) is 0. The number of alkyl halides is 1. The number of rotatable bonds is 6. The lowest BCUT2D eigenvalue weighted by Crippen LogP contribution is -2.10. The van der Waals surface area contributed by atoms with Gasteiger partial charge in [-0.2, -0.15) is 5.10 Å². The van der Waals surface area contributed by atoms with Gasteiger partial charge in [0.2, 0.25) is 0 Å². The van der Waals surface area contributed by atoms with E-state index < -0.39 is 0 Å². The van der Waals surface area contributed by atoms with Gasteiger partial charge < -0.3 is 4.74 Å². The van der Waals surface area contributed by atoms with Gasteiger partial charge in [0.15, 0.2) is 0 Å². The van der Waals surface area contributed by atoms with Crippen LogP contribution in [-0.4, -0.2) is 28.3 Å². The molecule has 16 heavy (non-hydrogen) atoms. The Balaban J connectivity index is 2.65. The van der Waals surface area contributed by atoms with E-state index in [4.69, 9.17) is 16.3 Å². The number of halogens is 2. The number of aryl methyl sites for hydroxylation is 2. The standard InChI is InChI=1S/C11H18BrClN2O/c1-4-15-10(11(13)8(2)14-15)6-5-9(12)7-16-3/h9H,4-7H2,1-3H3. The van der Waals surface area contributed by atoms with Crippen molar-refractivity contribution in [3.05, 3.63) is 16.4 Å². The second-order valence-electron chi connectivity index (χ2n) is 3.75. The number of aromatic nitrogens is 2. The minimum absolute atomic E-state index is 0.370. The molecule has 1 rings (SSSR count). The number of methoxy groups -OCH3 is 1. The lowest BCUT2D eigenvalue weighted by molar-refractivity contribution is 0.198. The van der Waals surface area contributed by atoms with Crippen molar-refractivity contribution < 1.29 is 4.74 Å². The molecule has 0 aliphatic rings. The fraction of sp³-hybridized carbons (Fsp3) is 0.727. The van der Waals surface area contributed by atoms with Crippen molar-refractivity contribution in [2.75, 3.05) is 13.7 Å². The van der Waals surface area contributed by atoms with Gasteiger partial charge >= 0.3 is 0 Å². The monoisotopic (exact) mass is 308 g/mol. The first kappa shape index (κ1) is 14.0. The van der Waals surface area contributed by atoms with Crippen LogP contribution in [0.4, 0.5) is 0 Å². The maximum atomic E-state index is 6.22. The van der Waals surface area contributed by atoms with Crippen molar-refractivity contribution in [1.82, 2.24) is 9.78 Å². The van der Waals surface area contributed by atoms with Gasteiger partial charge in [-0.3, -0.25) is 4.68 Å². The van der Waals surface area contributed by atoms with Crippen LogP contribution in [0.15, 0.2) is 0 Å². The molecule has 0 N–H and O–H groups in total. The van der Waals surface area contributed by atoms with Crippen LogP contribution in [0, 0.1) is 6.92 Å². The van der Waals surface area contributed by atoms with Gasteiger partial charge in [0.25, 0.3) is 0 Å². The third-order valence-corrected chi connectivity index (χ3v) is 3.71. The maximum absolute atomic E-state index is 6.22. The van der Waals surface area contributed by atoms with Gasteiger partial charge in [-0.05, 0) is 26.7 Å². The summed E-state index contributed by atoms with van der Waals surface area (Å²) in [7, 11) is 1.71. The van der Waals surface area contributed by atoms with Crippen LogP contribution in [0.5, 0.6) is 0 Å². The highest BCUT2D eigenvalue weighted by atomic mass is 79.9. The molecule has 0 bridgehead atoms. The van der Waals surface area contributed by atoms with Crippen LogP contribution in [-0.2, 0) is 17.7 Å². The Morgan fingerprint density at radius 3 is 2.81 bits per heavy atom. The molecule has 0 radical (unpaired) electrons. The van der Waals surface area contributed by atoms with E-state index in [9.17, 15) is 0 Å². The summed E-state index contributed by atoms with van der Waals surface area (Å²) in [6, 6.07) is 0. The molecule has 1 atom stereocenters. The third kappa shape index (κ3) is 3.47. The zero-order chi connectivity index (χ0) is 12.1. The first-order chi connectivity index (χ1) is 7.60. The Kier molecular flexibility index (Phi) is 5.79. The van der Waals surface area contributed by atoms with E-state index in [2.05, 4.69) is 28.0 Å². The summed E-state index contributed by atoms with van der Waals surface area (Å²) in [5.74, 6) is 0.